The van der Waals surface area contributed by atoms with Crippen LogP contribution in [0.15, 0.2) is 42.0 Å². The highest BCUT2D eigenvalue weighted by Gasteiger charge is 2.16. The van der Waals surface area contributed by atoms with Gasteiger partial charge in [0.2, 0.25) is 0 Å². The zero-order chi connectivity index (χ0) is 22.3. The molecule has 4 rings (SSSR count). The van der Waals surface area contributed by atoms with Gasteiger partial charge in [-0.3, -0.25) is 9.69 Å². The summed E-state index contributed by atoms with van der Waals surface area (Å²) < 4.78 is 16.6. The first kappa shape index (κ1) is 22.1. The third kappa shape index (κ3) is 5.36. The Balaban J connectivity index is 1.51. The van der Waals surface area contributed by atoms with E-state index < -0.39 is 5.91 Å². The molecule has 2 aromatic carbocycles. The summed E-state index contributed by atoms with van der Waals surface area (Å²) in [5, 5.41) is 12.4. The van der Waals surface area contributed by atoms with Crippen LogP contribution in [0.1, 0.15) is 11.1 Å². The molecule has 166 valence electrons. The molecule has 1 saturated heterocycles. The quantitative estimate of drug-likeness (QED) is 0.531. The number of nitriles is 1. The molecule has 0 bridgehead atoms. The number of carbonyl (C=O) groups excluding carboxylic acids is 1. The Kier molecular flexibility index (Phi) is 7.20. The summed E-state index contributed by atoms with van der Waals surface area (Å²) >= 11 is 1.97. The maximum Gasteiger partial charge on any atom is 0.266 e. The molecule has 0 saturated carbocycles. The van der Waals surface area contributed by atoms with Gasteiger partial charge in [0.1, 0.15) is 30.6 Å². The topological polar surface area (TPSA) is 83.8 Å². The molecule has 0 aliphatic carbocycles. The van der Waals surface area contributed by atoms with Crippen LogP contribution in [0.5, 0.6) is 17.2 Å². The number of ether oxygens (including phenoxy) is 3. The third-order valence-electron chi connectivity index (χ3n) is 5.28. The fourth-order valence-corrected chi connectivity index (χ4v) is 4.63. The Labute approximate surface area is 191 Å². The summed E-state index contributed by atoms with van der Waals surface area (Å²) in [7, 11) is 1.65. The minimum Gasteiger partial charge on any atom is -0.496 e. The molecule has 1 fully saturated rings. The van der Waals surface area contributed by atoms with Crippen molar-refractivity contribution < 1.29 is 19.0 Å². The fourth-order valence-electron chi connectivity index (χ4n) is 3.65. The average Bonchev–Trinajstić information content (AvgIpc) is 2.83. The van der Waals surface area contributed by atoms with Gasteiger partial charge in [-0.05, 0) is 35.9 Å². The van der Waals surface area contributed by atoms with Crippen molar-refractivity contribution in [2.75, 3.05) is 50.2 Å². The predicted octanol–water partition coefficient (Wildman–Crippen LogP) is 3.56. The van der Waals surface area contributed by atoms with Gasteiger partial charge in [-0.15, -0.1) is 0 Å². The molecule has 7 nitrogen and oxygen atoms in total. The second-order valence-electron chi connectivity index (χ2n) is 7.44. The highest BCUT2D eigenvalue weighted by molar-refractivity contribution is 7.99. The zero-order valence-corrected chi connectivity index (χ0v) is 18.7. The van der Waals surface area contributed by atoms with Crippen molar-refractivity contribution in [1.29, 1.82) is 5.26 Å². The summed E-state index contributed by atoms with van der Waals surface area (Å²) in [5.41, 5.74) is 2.38. The van der Waals surface area contributed by atoms with Crippen molar-refractivity contribution in [2.45, 2.75) is 6.54 Å². The van der Waals surface area contributed by atoms with Gasteiger partial charge in [0.15, 0.2) is 11.5 Å². The molecule has 0 radical (unpaired) electrons. The number of nitrogens with one attached hydrogen (secondary N) is 1. The van der Waals surface area contributed by atoms with Crippen LogP contribution in [0.25, 0.3) is 6.08 Å². The lowest BCUT2D eigenvalue weighted by Gasteiger charge is -2.26. The molecule has 0 atom stereocenters. The minimum absolute atomic E-state index is 0.0189. The van der Waals surface area contributed by atoms with E-state index in [2.05, 4.69) is 10.2 Å². The predicted molar refractivity (Wildman–Crippen MR) is 125 cm³/mol. The fraction of sp³-hybridized carbons (Fsp3) is 0.333. The molecule has 2 aliphatic heterocycles. The summed E-state index contributed by atoms with van der Waals surface area (Å²) in [6.45, 7) is 3.81. The number of thioether (sulfide) groups is 1. The van der Waals surface area contributed by atoms with Crippen molar-refractivity contribution in [3.05, 3.63) is 53.1 Å². The second kappa shape index (κ2) is 10.4. The Bertz CT molecular complexity index is 1060. The van der Waals surface area contributed by atoms with Crippen LogP contribution >= 0.6 is 11.8 Å². The van der Waals surface area contributed by atoms with Gasteiger partial charge in [0, 0.05) is 48.5 Å². The first-order chi connectivity index (χ1) is 15.7. The summed E-state index contributed by atoms with van der Waals surface area (Å²) in [5.74, 6) is 3.80. The maximum absolute atomic E-state index is 12.7. The van der Waals surface area contributed by atoms with Crippen molar-refractivity contribution in [3.63, 3.8) is 0 Å². The summed E-state index contributed by atoms with van der Waals surface area (Å²) in [6.07, 6.45) is 1.60. The van der Waals surface area contributed by atoms with Crippen LogP contribution in [0.3, 0.4) is 0 Å². The van der Waals surface area contributed by atoms with Crippen LogP contribution < -0.4 is 19.5 Å². The number of rotatable bonds is 6. The number of anilines is 1. The molecular weight excluding hydrogens is 426 g/mol. The molecular formula is C24H25N3O4S. The standard InChI is InChI=1S/C24H25N3O4S/c1-29-21-4-2-17(13-19(21)16-27-6-10-32-11-7-27)12-18(15-25)24(28)26-20-3-5-22-23(14-20)31-9-8-30-22/h2-5,12-14H,6-11,16H2,1H3,(H,26,28)/b18-12-. The van der Waals surface area contributed by atoms with E-state index >= 15 is 0 Å². The third-order valence-corrected chi connectivity index (χ3v) is 6.22. The Hall–Kier alpha value is -3.15. The van der Waals surface area contributed by atoms with Gasteiger partial charge in [0.05, 0.1) is 7.11 Å². The Morgan fingerprint density at radius 2 is 1.97 bits per heavy atom. The van der Waals surface area contributed by atoms with Gasteiger partial charge in [-0.1, -0.05) is 6.07 Å². The number of nitrogens with zero attached hydrogens (tertiary/aromatic N) is 2. The zero-order valence-electron chi connectivity index (χ0n) is 17.9. The molecule has 2 heterocycles. The highest BCUT2D eigenvalue weighted by atomic mass is 32.2. The van der Waals surface area contributed by atoms with Crippen LogP contribution in [0.4, 0.5) is 5.69 Å². The summed E-state index contributed by atoms with van der Waals surface area (Å²) in [6, 6.07) is 12.9. The number of carbonyl (C=O) groups is 1. The lowest BCUT2D eigenvalue weighted by molar-refractivity contribution is -0.112. The van der Waals surface area contributed by atoms with Crippen LogP contribution in [0.2, 0.25) is 0 Å². The number of hydrogen-bond acceptors (Lipinski definition) is 7. The number of fused-ring (bicyclic) bond motifs is 1. The van der Waals surface area contributed by atoms with Gasteiger partial charge in [0.25, 0.3) is 5.91 Å². The van der Waals surface area contributed by atoms with E-state index in [9.17, 15) is 10.1 Å². The van der Waals surface area contributed by atoms with E-state index in [-0.39, 0.29) is 5.57 Å². The molecule has 2 aliphatic rings. The van der Waals surface area contributed by atoms with Gasteiger partial charge < -0.3 is 19.5 Å². The molecule has 0 unspecified atom stereocenters. The van der Waals surface area contributed by atoms with Gasteiger partial charge in [-0.25, -0.2) is 0 Å². The van der Waals surface area contributed by atoms with Crippen LogP contribution in [-0.4, -0.2) is 55.7 Å². The van der Waals surface area contributed by atoms with Crippen molar-refractivity contribution in [2.24, 2.45) is 0 Å². The van der Waals surface area contributed by atoms with Crippen molar-refractivity contribution in [1.82, 2.24) is 4.90 Å². The van der Waals surface area contributed by atoms with Crippen molar-refractivity contribution >= 4 is 29.4 Å². The molecule has 8 heteroatoms. The molecule has 2 aromatic rings. The van der Waals surface area contributed by atoms with Crippen molar-refractivity contribution in [3.8, 4) is 23.3 Å². The number of benzene rings is 2. The van der Waals surface area contributed by atoms with Crippen LogP contribution in [0, 0.1) is 11.3 Å². The van der Waals surface area contributed by atoms with E-state index in [4.69, 9.17) is 14.2 Å². The number of methoxy groups -OCH3 is 1. The molecule has 32 heavy (non-hydrogen) atoms. The SMILES string of the molecule is COc1ccc(/C=C(/C#N)C(=O)Nc2ccc3c(c2)OCCO3)cc1CN1CCSCC1. The van der Waals surface area contributed by atoms with Gasteiger partial charge in [-0.2, -0.15) is 17.0 Å². The van der Waals surface area contributed by atoms with Gasteiger partial charge >= 0.3 is 0 Å². The second-order valence-corrected chi connectivity index (χ2v) is 8.67. The van der Waals surface area contributed by atoms with E-state index in [1.54, 1.807) is 31.4 Å². The Morgan fingerprint density at radius 1 is 1.19 bits per heavy atom. The van der Waals surface area contributed by atoms with E-state index in [1.807, 2.05) is 36.0 Å². The van der Waals surface area contributed by atoms with Crippen LogP contribution in [-0.2, 0) is 11.3 Å². The number of hydrogen-bond donors (Lipinski definition) is 1. The average molecular weight is 452 g/mol. The maximum atomic E-state index is 12.7. The molecule has 0 aromatic heterocycles. The lowest BCUT2D eigenvalue weighted by Crippen LogP contribution is -2.32. The highest BCUT2D eigenvalue weighted by Crippen LogP contribution is 2.32. The van der Waals surface area contributed by atoms with E-state index in [0.717, 1.165) is 48.0 Å². The van der Waals surface area contributed by atoms with E-state index in [0.29, 0.717) is 30.4 Å². The normalized spacial score (nSPS) is 16.2. The largest absolute Gasteiger partial charge is 0.496 e. The molecule has 0 spiro atoms. The smallest absolute Gasteiger partial charge is 0.266 e. The minimum atomic E-state index is -0.477. The first-order valence-corrected chi connectivity index (χ1v) is 11.6. The first-order valence-electron chi connectivity index (χ1n) is 10.5. The summed E-state index contributed by atoms with van der Waals surface area (Å²) in [4.78, 5) is 15.1. The van der Waals surface area contributed by atoms with E-state index in [1.165, 1.54) is 0 Å². The molecule has 1 amide bonds. The lowest BCUT2D eigenvalue weighted by atomic mass is 10.1. The Morgan fingerprint density at radius 3 is 2.72 bits per heavy atom. The number of amides is 1. The monoisotopic (exact) mass is 451 g/mol. The molecule has 1 N–H and O–H groups in total.